The van der Waals surface area contributed by atoms with Crippen LogP contribution in [0.5, 0.6) is 5.75 Å². The molecule has 0 atom stereocenters. The highest BCUT2D eigenvalue weighted by Crippen LogP contribution is 2.15. The third-order valence-electron chi connectivity index (χ3n) is 3.09. The zero-order valence-corrected chi connectivity index (χ0v) is 12.6. The predicted octanol–water partition coefficient (Wildman–Crippen LogP) is 2.57. The summed E-state index contributed by atoms with van der Waals surface area (Å²) in [7, 11) is 0. The topological polar surface area (TPSA) is 73.7 Å². The summed E-state index contributed by atoms with van der Waals surface area (Å²) in [6.45, 7) is 4.16. The Morgan fingerprint density at radius 1 is 1.23 bits per heavy atom. The lowest BCUT2D eigenvalue weighted by Gasteiger charge is -2.09. The Bertz CT molecular complexity index is 696. The number of hydrazone groups is 1. The molecule has 0 aliphatic heterocycles. The van der Waals surface area contributed by atoms with Crippen molar-refractivity contribution in [2.75, 3.05) is 11.9 Å². The fourth-order valence-electron chi connectivity index (χ4n) is 2.01. The molecule has 0 fully saturated rings. The van der Waals surface area contributed by atoms with Crippen LogP contribution < -0.4 is 10.7 Å². The van der Waals surface area contributed by atoms with Gasteiger partial charge in [-0.15, -0.1) is 0 Å². The smallest absolute Gasteiger partial charge is 0.259 e. The van der Waals surface area contributed by atoms with Crippen molar-refractivity contribution in [3.05, 3.63) is 59.2 Å². The van der Waals surface area contributed by atoms with E-state index in [1.807, 2.05) is 26.0 Å². The number of rotatable bonds is 5. The van der Waals surface area contributed by atoms with E-state index in [9.17, 15) is 9.90 Å². The number of hydrogen-bond acceptors (Lipinski definition) is 4. The van der Waals surface area contributed by atoms with Crippen molar-refractivity contribution in [2.45, 2.75) is 13.8 Å². The average Bonchev–Trinajstić information content (AvgIpc) is 2.46. The molecular weight excluding hydrogens is 278 g/mol. The molecule has 2 aromatic rings. The van der Waals surface area contributed by atoms with E-state index >= 15 is 0 Å². The molecule has 0 saturated carbocycles. The van der Waals surface area contributed by atoms with Gasteiger partial charge in [0, 0.05) is 5.69 Å². The molecule has 0 aromatic heterocycles. The number of carbonyl (C=O) groups is 1. The molecule has 0 spiro atoms. The summed E-state index contributed by atoms with van der Waals surface area (Å²) in [5.74, 6) is -0.0804. The van der Waals surface area contributed by atoms with Gasteiger partial charge in [-0.3, -0.25) is 4.79 Å². The molecule has 0 aliphatic carbocycles. The van der Waals surface area contributed by atoms with E-state index in [0.29, 0.717) is 5.56 Å². The lowest BCUT2D eigenvalue weighted by molar-refractivity contribution is -0.119. The largest absolute Gasteiger partial charge is 0.508 e. The molecule has 0 saturated heterocycles. The zero-order valence-electron chi connectivity index (χ0n) is 12.6. The number of phenolic OH excluding ortho intramolecular Hbond substituents is 1. The highest BCUT2D eigenvalue weighted by Gasteiger charge is 2.02. The van der Waals surface area contributed by atoms with Crippen LogP contribution in [0.4, 0.5) is 5.69 Å². The second-order valence-electron chi connectivity index (χ2n) is 5.06. The zero-order chi connectivity index (χ0) is 15.9. The highest BCUT2D eigenvalue weighted by molar-refractivity contribution is 5.84. The van der Waals surface area contributed by atoms with Crippen molar-refractivity contribution in [1.82, 2.24) is 5.43 Å². The molecule has 0 unspecified atom stereocenters. The van der Waals surface area contributed by atoms with Crippen molar-refractivity contribution < 1.29 is 9.90 Å². The van der Waals surface area contributed by atoms with Crippen LogP contribution in [-0.4, -0.2) is 23.8 Å². The van der Waals surface area contributed by atoms with E-state index in [2.05, 4.69) is 21.9 Å². The quantitative estimate of drug-likeness (QED) is 0.586. The summed E-state index contributed by atoms with van der Waals surface area (Å²) in [6, 6.07) is 12.6. The number of carbonyl (C=O) groups excluding carboxylic acids is 1. The predicted molar refractivity (Wildman–Crippen MR) is 88.2 cm³/mol. The molecule has 0 bridgehead atoms. The average molecular weight is 297 g/mol. The molecule has 5 heteroatoms. The number of nitrogens with zero attached hydrogens (tertiary/aromatic N) is 1. The first-order valence-electron chi connectivity index (χ1n) is 6.96. The molecule has 114 valence electrons. The molecule has 22 heavy (non-hydrogen) atoms. The number of anilines is 1. The maximum Gasteiger partial charge on any atom is 0.259 e. The number of hydrogen-bond donors (Lipinski definition) is 3. The lowest BCUT2D eigenvalue weighted by atomic mass is 10.1. The Kier molecular flexibility index (Phi) is 5.14. The summed E-state index contributed by atoms with van der Waals surface area (Å²) >= 11 is 0. The Morgan fingerprint density at radius 3 is 2.77 bits per heavy atom. The van der Waals surface area contributed by atoms with Gasteiger partial charge < -0.3 is 10.4 Å². The van der Waals surface area contributed by atoms with Crippen LogP contribution in [0.25, 0.3) is 0 Å². The molecule has 0 aliphatic rings. The van der Waals surface area contributed by atoms with Crippen LogP contribution in [-0.2, 0) is 4.79 Å². The van der Waals surface area contributed by atoms with Gasteiger partial charge in [0.05, 0.1) is 12.8 Å². The van der Waals surface area contributed by atoms with E-state index in [0.717, 1.165) is 11.3 Å². The van der Waals surface area contributed by atoms with Crippen LogP contribution in [0.15, 0.2) is 47.6 Å². The second kappa shape index (κ2) is 7.26. The van der Waals surface area contributed by atoms with Gasteiger partial charge in [0.25, 0.3) is 5.91 Å². The molecule has 5 nitrogen and oxygen atoms in total. The minimum absolute atomic E-state index is 0.140. The van der Waals surface area contributed by atoms with Crippen LogP contribution >= 0.6 is 0 Å². The van der Waals surface area contributed by atoms with Gasteiger partial charge in [-0.1, -0.05) is 29.8 Å². The standard InChI is InChI=1S/C17H19N3O2/c1-12-6-7-16(13(2)8-12)18-11-17(22)20-19-10-14-4-3-5-15(21)9-14/h3-10,18,21H,11H2,1-2H3,(H,20,22)/b19-10+. The van der Waals surface area contributed by atoms with Crippen LogP contribution in [0.2, 0.25) is 0 Å². The maximum absolute atomic E-state index is 11.7. The third kappa shape index (κ3) is 4.63. The lowest BCUT2D eigenvalue weighted by Crippen LogP contribution is -2.26. The summed E-state index contributed by atoms with van der Waals surface area (Å²) in [4.78, 5) is 11.7. The molecular formula is C17H19N3O2. The molecule has 0 radical (unpaired) electrons. The first kappa shape index (κ1) is 15.6. The van der Waals surface area contributed by atoms with E-state index in [-0.39, 0.29) is 18.2 Å². The summed E-state index contributed by atoms with van der Waals surface area (Å²) in [5, 5.41) is 16.2. The number of benzene rings is 2. The molecule has 3 N–H and O–H groups in total. The number of amides is 1. The van der Waals surface area contributed by atoms with Crippen LogP contribution in [0, 0.1) is 13.8 Å². The van der Waals surface area contributed by atoms with Crippen molar-refractivity contribution in [1.29, 1.82) is 0 Å². The van der Waals surface area contributed by atoms with Gasteiger partial charge in [0.1, 0.15) is 5.75 Å². The maximum atomic E-state index is 11.7. The van der Waals surface area contributed by atoms with Gasteiger partial charge in [-0.25, -0.2) is 5.43 Å². The van der Waals surface area contributed by atoms with Gasteiger partial charge in [0.15, 0.2) is 0 Å². The molecule has 2 rings (SSSR count). The Hall–Kier alpha value is -2.82. The van der Waals surface area contributed by atoms with Crippen molar-refractivity contribution >= 4 is 17.8 Å². The second-order valence-corrected chi connectivity index (χ2v) is 5.06. The van der Waals surface area contributed by atoms with E-state index < -0.39 is 0 Å². The first-order chi connectivity index (χ1) is 10.5. The number of phenols is 1. The van der Waals surface area contributed by atoms with Crippen LogP contribution in [0.3, 0.4) is 0 Å². The summed E-state index contributed by atoms with van der Waals surface area (Å²) < 4.78 is 0. The fourth-order valence-corrected chi connectivity index (χ4v) is 2.01. The van der Waals surface area contributed by atoms with E-state index in [1.54, 1.807) is 24.3 Å². The van der Waals surface area contributed by atoms with Gasteiger partial charge >= 0.3 is 0 Å². The number of aromatic hydroxyl groups is 1. The van der Waals surface area contributed by atoms with Crippen molar-refractivity contribution in [3.8, 4) is 5.75 Å². The van der Waals surface area contributed by atoms with Crippen LogP contribution in [0.1, 0.15) is 16.7 Å². The molecule has 1 amide bonds. The summed E-state index contributed by atoms with van der Waals surface area (Å²) in [5.41, 5.74) is 6.35. The monoisotopic (exact) mass is 297 g/mol. The Morgan fingerprint density at radius 2 is 2.05 bits per heavy atom. The fraction of sp³-hybridized carbons (Fsp3) is 0.176. The Labute approximate surface area is 129 Å². The van der Waals surface area contributed by atoms with E-state index in [1.165, 1.54) is 11.8 Å². The third-order valence-corrected chi connectivity index (χ3v) is 3.09. The Balaban J connectivity index is 1.83. The number of nitrogens with one attached hydrogen (secondary N) is 2. The van der Waals surface area contributed by atoms with Gasteiger partial charge in [-0.2, -0.15) is 5.10 Å². The molecule has 2 aromatic carbocycles. The minimum atomic E-state index is -0.239. The normalized spacial score (nSPS) is 10.6. The highest BCUT2D eigenvalue weighted by atomic mass is 16.3. The van der Waals surface area contributed by atoms with Crippen molar-refractivity contribution in [3.63, 3.8) is 0 Å². The summed E-state index contributed by atoms with van der Waals surface area (Å²) in [6.07, 6.45) is 1.48. The SMILES string of the molecule is Cc1ccc(NCC(=O)N/N=C/c2cccc(O)c2)c(C)c1. The number of aryl methyl sites for hydroxylation is 2. The first-order valence-corrected chi connectivity index (χ1v) is 6.96. The van der Waals surface area contributed by atoms with E-state index in [4.69, 9.17) is 0 Å². The van der Waals surface area contributed by atoms with Gasteiger partial charge in [-0.05, 0) is 43.2 Å². The van der Waals surface area contributed by atoms with Gasteiger partial charge in [0.2, 0.25) is 0 Å². The minimum Gasteiger partial charge on any atom is -0.508 e. The van der Waals surface area contributed by atoms with Crippen molar-refractivity contribution in [2.24, 2.45) is 5.10 Å². The molecule has 0 heterocycles.